The maximum absolute atomic E-state index is 12.2. The number of piperidine rings is 2. The van der Waals surface area contributed by atoms with E-state index in [0.29, 0.717) is 0 Å². The van der Waals surface area contributed by atoms with Crippen LogP contribution in [-0.2, 0) is 4.79 Å². The summed E-state index contributed by atoms with van der Waals surface area (Å²) in [6.07, 6.45) is 6.00. The van der Waals surface area contributed by atoms with Crippen molar-refractivity contribution >= 4 is 17.3 Å². The van der Waals surface area contributed by atoms with E-state index in [1.165, 1.54) is 24.9 Å². The topological polar surface area (TPSA) is 44.4 Å². The number of nitrogens with one attached hydrogen (secondary N) is 2. The van der Waals surface area contributed by atoms with Crippen molar-refractivity contribution in [1.29, 1.82) is 0 Å². The average molecular weight is 287 g/mol. The minimum atomic E-state index is 0.112. The molecule has 21 heavy (non-hydrogen) atoms. The molecule has 0 radical (unpaired) electrons. The van der Waals surface area contributed by atoms with E-state index >= 15 is 0 Å². The van der Waals surface area contributed by atoms with Gasteiger partial charge in [-0.2, -0.15) is 0 Å². The van der Waals surface area contributed by atoms with Crippen LogP contribution >= 0.6 is 0 Å². The molecule has 0 spiro atoms. The lowest BCUT2D eigenvalue weighted by atomic mass is 9.99. The van der Waals surface area contributed by atoms with Crippen molar-refractivity contribution in [3.05, 3.63) is 24.3 Å². The molecule has 4 nitrogen and oxygen atoms in total. The standard InChI is InChI=1S/C17H25N3O/c21-17(14-5-4-10-18-13-14)19-15-6-8-16(9-7-15)20-11-2-1-3-12-20/h6-9,14,18H,1-5,10-13H2,(H,19,21). The van der Waals surface area contributed by atoms with Crippen molar-refractivity contribution in [3.63, 3.8) is 0 Å². The fraction of sp³-hybridized carbons (Fsp3) is 0.588. The van der Waals surface area contributed by atoms with E-state index in [-0.39, 0.29) is 11.8 Å². The molecule has 2 aliphatic heterocycles. The first kappa shape index (κ1) is 14.4. The van der Waals surface area contributed by atoms with E-state index < -0.39 is 0 Å². The van der Waals surface area contributed by atoms with Crippen molar-refractivity contribution in [3.8, 4) is 0 Å². The van der Waals surface area contributed by atoms with Gasteiger partial charge in [0.1, 0.15) is 0 Å². The van der Waals surface area contributed by atoms with Gasteiger partial charge in [0.05, 0.1) is 5.92 Å². The van der Waals surface area contributed by atoms with Crippen LogP contribution < -0.4 is 15.5 Å². The van der Waals surface area contributed by atoms with Crippen molar-refractivity contribution in [1.82, 2.24) is 5.32 Å². The fourth-order valence-corrected chi connectivity index (χ4v) is 3.23. The monoisotopic (exact) mass is 287 g/mol. The minimum absolute atomic E-state index is 0.112. The fourth-order valence-electron chi connectivity index (χ4n) is 3.23. The van der Waals surface area contributed by atoms with Gasteiger partial charge in [0, 0.05) is 31.0 Å². The summed E-state index contributed by atoms with van der Waals surface area (Å²) in [6, 6.07) is 8.30. The number of amides is 1. The summed E-state index contributed by atoms with van der Waals surface area (Å²) in [5.74, 6) is 0.258. The summed E-state index contributed by atoms with van der Waals surface area (Å²) in [7, 11) is 0. The van der Waals surface area contributed by atoms with Crippen molar-refractivity contribution < 1.29 is 4.79 Å². The number of nitrogens with zero attached hydrogens (tertiary/aromatic N) is 1. The Bertz CT molecular complexity index is 459. The second-order valence-electron chi connectivity index (χ2n) is 6.13. The van der Waals surface area contributed by atoms with E-state index in [2.05, 4.69) is 27.7 Å². The maximum Gasteiger partial charge on any atom is 0.228 e. The van der Waals surface area contributed by atoms with Crippen LogP contribution in [0.3, 0.4) is 0 Å². The molecule has 2 saturated heterocycles. The van der Waals surface area contributed by atoms with E-state index in [0.717, 1.165) is 44.7 Å². The average Bonchev–Trinajstić information content (AvgIpc) is 2.57. The maximum atomic E-state index is 12.2. The molecule has 0 saturated carbocycles. The van der Waals surface area contributed by atoms with Crippen LogP contribution in [0.1, 0.15) is 32.1 Å². The van der Waals surface area contributed by atoms with Crippen LogP contribution in [0.15, 0.2) is 24.3 Å². The Hall–Kier alpha value is -1.55. The second-order valence-corrected chi connectivity index (χ2v) is 6.13. The normalized spacial score (nSPS) is 22.9. The second kappa shape index (κ2) is 6.94. The Morgan fingerprint density at radius 2 is 1.86 bits per heavy atom. The predicted octanol–water partition coefficient (Wildman–Crippen LogP) is 2.62. The van der Waals surface area contributed by atoms with Crippen LogP contribution in [0.2, 0.25) is 0 Å². The van der Waals surface area contributed by atoms with Gasteiger partial charge in [-0.1, -0.05) is 0 Å². The predicted molar refractivity (Wildman–Crippen MR) is 86.7 cm³/mol. The van der Waals surface area contributed by atoms with Gasteiger partial charge in [-0.05, 0) is 62.9 Å². The van der Waals surface area contributed by atoms with Crippen LogP contribution in [0.5, 0.6) is 0 Å². The van der Waals surface area contributed by atoms with Crippen molar-refractivity contribution in [2.45, 2.75) is 32.1 Å². The molecule has 1 amide bonds. The lowest BCUT2D eigenvalue weighted by molar-refractivity contribution is -0.120. The Balaban J connectivity index is 1.57. The molecular formula is C17H25N3O. The molecule has 2 fully saturated rings. The number of carbonyl (C=O) groups excluding carboxylic acids is 1. The van der Waals surface area contributed by atoms with Gasteiger partial charge in [0.2, 0.25) is 5.91 Å². The molecule has 0 bridgehead atoms. The van der Waals surface area contributed by atoms with E-state index in [9.17, 15) is 4.79 Å². The molecule has 2 N–H and O–H groups in total. The molecule has 3 rings (SSSR count). The highest BCUT2D eigenvalue weighted by Crippen LogP contribution is 2.22. The number of benzene rings is 1. The lowest BCUT2D eigenvalue weighted by Crippen LogP contribution is -2.37. The van der Waals surface area contributed by atoms with Gasteiger partial charge < -0.3 is 15.5 Å². The largest absolute Gasteiger partial charge is 0.372 e. The van der Waals surface area contributed by atoms with Gasteiger partial charge in [-0.3, -0.25) is 4.79 Å². The van der Waals surface area contributed by atoms with E-state index in [1.54, 1.807) is 0 Å². The summed E-state index contributed by atoms with van der Waals surface area (Å²) in [5, 5.41) is 6.33. The van der Waals surface area contributed by atoms with E-state index in [4.69, 9.17) is 0 Å². The van der Waals surface area contributed by atoms with Gasteiger partial charge in [-0.15, -0.1) is 0 Å². The molecule has 1 aromatic rings. The summed E-state index contributed by atoms with van der Waals surface area (Å²) < 4.78 is 0. The Morgan fingerprint density at radius 1 is 1.10 bits per heavy atom. The smallest absolute Gasteiger partial charge is 0.228 e. The summed E-state index contributed by atoms with van der Waals surface area (Å²) in [6.45, 7) is 4.14. The summed E-state index contributed by atoms with van der Waals surface area (Å²) >= 11 is 0. The first-order valence-corrected chi connectivity index (χ1v) is 8.19. The van der Waals surface area contributed by atoms with E-state index in [1.807, 2.05) is 12.1 Å². The zero-order chi connectivity index (χ0) is 14.5. The molecule has 114 valence electrons. The lowest BCUT2D eigenvalue weighted by Gasteiger charge is -2.29. The van der Waals surface area contributed by atoms with Crippen molar-refractivity contribution in [2.24, 2.45) is 5.92 Å². The number of hydrogen-bond acceptors (Lipinski definition) is 3. The molecule has 1 atom stereocenters. The van der Waals surface area contributed by atoms with Gasteiger partial charge >= 0.3 is 0 Å². The minimum Gasteiger partial charge on any atom is -0.372 e. The zero-order valence-corrected chi connectivity index (χ0v) is 12.6. The van der Waals surface area contributed by atoms with Gasteiger partial charge in [0.15, 0.2) is 0 Å². The molecule has 0 aliphatic carbocycles. The van der Waals surface area contributed by atoms with Crippen LogP contribution in [0, 0.1) is 5.92 Å². The Morgan fingerprint density at radius 3 is 2.52 bits per heavy atom. The van der Waals surface area contributed by atoms with Gasteiger partial charge in [-0.25, -0.2) is 0 Å². The molecule has 0 aromatic heterocycles. The third kappa shape index (κ3) is 3.76. The molecule has 2 heterocycles. The third-order valence-electron chi connectivity index (χ3n) is 4.52. The zero-order valence-electron chi connectivity index (χ0n) is 12.6. The van der Waals surface area contributed by atoms with Crippen molar-refractivity contribution in [2.75, 3.05) is 36.4 Å². The number of hydrogen-bond donors (Lipinski definition) is 2. The number of carbonyl (C=O) groups is 1. The number of rotatable bonds is 3. The summed E-state index contributed by atoms with van der Waals surface area (Å²) in [4.78, 5) is 14.6. The highest BCUT2D eigenvalue weighted by Gasteiger charge is 2.20. The Labute approximate surface area is 126 Å². The van der Waals surface area contributed by atoms with Crippen LogP contribution in [-0.4, -0.2) is 32.1 Å². The molecule has 1 unspecified atom stereocenters. The SMILES string of the molecule is O=C(Nc1ccc(N2CCCCC2)cc1)C1CCCNC1. The highest BCUT2D eigenvalue weighted by molar-refractivity contribution is 5.92. The van der Waals surface area contributed by atoms with Crippen LogP contribution in [0.25, 0.3) is 0 Å². The highest BCUT2D eigenvalue weighted by atomic mass is 16.1. The Kier molecular flexibility index (Phi) is 4.76. The molecular weight excluding hydrogens is 262 g/mol. The molecule has 4 heteroatoms. The van der Waals surface area contributed by atoms with Gasteiger partial charge in [0.25, 0.3) is 0 Å². The summed E-state index contributed by atoms with van der Waals surface area (Å²) in [5.41, 5.74) is 2.18. The first-order chi connectivity index (χ1) is 10.3. The molecule has 2 aliphatic rings. The van der Waals surface area contributed by atoms with Crippen LogP contribution in [0.4, 0.5) is 11.4 Å². The molecule has 1 aromatic carbocycles. The first-order valence-electron chi connectivity index (χ1n) is 8.19. The third-order valence-corrected chi connectivity index (χ3v) is 4.52. The number of anilines is 2. The quantitative estimate of drug-likeness (QED) is 0.898.